The van der Waals surface area contributed by atoms with Crippen LogP contribution in [0.1, 0.15) is 50.0 Å². The van der Waals surface area contributed by atoms with E-state index in [9.17, 15) is 0 Å². The van der Waals surface area contributed by atoms with Crippen LogP contribution in [-0.4, -0.2) is 12.1 Å². The van der Waals surface area contributed by atoms with E-state index in [1.807, 2.05) is 19.1 Å². The monoisotopic (exact) mass is 236 g/mol. The second-order valence-corrected chi connectivity index (χ2v) is 5.36. The third-order valence-electron chi connectivity index (χ3n) is 3.74. The van der Waals surface area contributed by atoms with Crippen molar-refractivity contribution in [1.29, 1.82) is 0 Å². The number of furan rings is 1. The van der Waals surface area contributed by atoms with Crippen LogP contribution in [0.2, 0.25) is 0 Å². The van der Waals surface area contributed by atoms with E-state index >= 15 is 0 Å². The Hall–Kier alpha value is -0.800. The van der Waals surface area contributed by atoms with Gasteiger partial charge in [-0.25, -0.2) is 0 Å². The molecule has 0 aromatic carbocycles. The average molecular weight is 236 g/mol. The minimum Gasteiger partial charge on any atom is -0.465 e. The summed E-state index contributed by atoms with van der Waals surface area (Å²) in [5.41, 5.74) is 6.47. The summed E-state index contributed by atoms with van der Waals surface area (Å²) in [5.74, 6) is 1.99. The topological polar surface area (TPSA) is 51.2 Å². The van der Waals surface area contributed by atoms with Crippen LogP contribution in [0.25, 0.3) is 0 Å². The van der Waals surface area contributed by atoms with Gasteiger partial charge in [-0.1, -0.05) is 19.3 Å². The highest BCUT2D eigenvalue weighted by molar-refractivity contribution is 5.05. The summed E-state index contributed by atoms with van der Waals surface area (Å²) >= 11 is 0. The fourth-order valence-electron chi connectivity index (χ4n) is 2.63. The number of nitrogens with one attached hydrogen (secondary N) is 1. The van der Waals surface area contributed by atoms with E-state index in [4.69, 9.17) is 10.2 Å². The maximum atomic E-state index is 6.38. The molecular weight excluding hydrogens is 212 g/mol. The molecule has 1 aromatic rings. The van der Waals surface area contributed by atoms with E-state index in [0.717, 1.165) is 31.0 Å². The Labute approximate surface area is 104 Å². The predicted octanol–water partition coefficient (Wildman–Crippen LogP) is 2.73. The van der Waals surface area contributed by atoms with Crippen LogP contribution in [0, 0.1) is 6.92 Å². The van der Waals surface area contributed by atoms with E-state index in [1.54, 1.807) is 0 Å². The zero-order chi connectivity index (χ0) is 12.1. The first kappa shape index (κ1) is 12.7. The molecule has 3 heteroatoms. The number of rotatable bonds is 5. The first-order chi connectivity index (χ1) is 8.18. The summed E-state index contributed by atoms with van der Waals surface area (Å²) in [6, 6.07) is 4.03. The normalized spacial score (nSPS) is 19.4. The predicted molar refractivity (Wildman–Crippen MR) is 69.8 cm³/mol. The van der Waals surface area contributed by atoms with Gasteiger partial charge in [0.05, 0.1) is 6.54 Å². The molecule has 3 N–H and O–H groups in total. The third-order valence-corrected chi connectivity index (χ3v) is 3.74. The number of nitrogens with two attached hydrogens (primary N) is 1. The molecule has 0 unspecified atom stereocenters. The fourth-order valence-corrected chi connectivity index (χ4v) is 2.63. The van der Waals surface area contributed by atoms with Gasteiger partial charge >= 0.3 is 0 Å². The Bertz CT molecular complexity index is 340. The molecule has 3 nitrogen and oxygen atoms in total. The first-order valence-corrected chi connectivity index (χ1v) is 6.73. The molecule has 0 saturated heterocycles. The van der Waals surface area contributed by atoms with Gasteiger partial charge in [0.15, 0.2) is 0 Å². The van der Waals surface area contributed by atoms with Crippen molar-refractivity contribution < 1.29 is 4.42 Å². The van der Waals surface area contributed by atoms with Crippen molar-refractivity contribution in [3.8, 4) is 0 Å². The summed E-state index contributed by atoms with van der Waals surface area (Å²) in [7, 11) is 0. The van der Waals surface area contributed by atoms with Crippen molar-refractivity contribution >= 4 is 0 Å². The maximum absolute atomic E-state index is 6.38. The highest BCUT2D eigenvalue weighted by atomic mass is 16.3. The lowest BCUT2D eigenvalue weighted by Gasteiger charge is -2.33. The van der Waals surface area contributed by atoms with E-state index in [2.05, 4.69) is 5.32 Å². The van der Waals surface area contributed by atoms with Gasteiger partial charge in [0, 0.05) is 5.54 Å². The van der Waals surface area contributed by atoms with Gasteiger partial charge in [-0.2, -0.15) is 0 Å². The van der Waals surface area contributed by atoms with Gasteiger partial charge in [0.1, 0.15) is 11.5 Å². The van der Waals surface area contributed by atoms with Crippen LogP contribution in [0.4, 0.5) is 0 Å². The fraction of sp³-hybridized carbons (Fsp3) is 0.714. The second-order valence-electron chi connectivity index (χ2n) is 5.36. The van der Waals surface area contributed by atoms with E-state index in [0.29, 0.717) is 0 Å². The van der Waals surface area contributed by atoms with Gasteiger partial charge < -0.3 is 15.5 Å². The minimum atomic E-state index is 0.0876. The molecule has 0 aliphatic heterocycles. The van der Waals surface area contributed by atoms with Crippen molar-refractivity contribution in [2.24, 2.45) is 5.73 Å². The molecule has 1 fully saturated rings. The molecule has 1 aliphatic carbocycles. The summed E-state index contributed by atoms with van der Waals surface area (Å²) in [6.45, 7) is 3.76. The van der Waals surface area contributed by atoms with Crippen molar-refractivity contribution in [2.45, 2.75) is 57.5 Å². The lowest BCUT2D eigenvalue weighted by atomic mass is 9.80. The quantitative estimate of drug-likeness (QED) is 0.773. The van der Waals surface area contributed by atoms with Crippen LogP contribution in [0.15, 0.2) is 16.5 Å². The molecule has 1 heterocycles. The molecule has 2 rings (SSSR count). The molecule has 0 atom stereocenters. The number of aryl methyl sites for hydroxylation is 1. The standard InChI is InChI=1S/C14H24N2O/c1-12-5-6-13(17-12)11-16-10-9-14(15)7-3-2-4-8-14/h5-6,16H,2-4,7-11,15H2,1H3. The summed E-state index contributed by atoms with van der Waals surface area (Å²) < 4.78 is 5.51. The summed E-state index contributed by atoms with van der Waals surface area (Å²) in [4.78, 5) is 0. The zero-order valence-electron chi connectivity index (χ0n) is 10.8. The summed E-state index contributed by atoms with van der Waals surface area (Å²) in [6.07, 6.45) is 7.41. The largest absolute Gasteiger partial charge is 0.465 e. The van der Waals surface area contributed by atoms with Gasteiger partial charge in [-0.3, -0.25) is 0 Å². The molecule has 1 aliphatic rings. The lowest BCUT2D eigenvalue weighted by molar-refractivity contribution is 0.273. The lowest BCUT2D eigenvalue weighted by Crippen LogP contribution is -2.43. The van der Waals surface area contributed by atoms with Crippen molar-refractivity contribution in [2.75, 3.05) is 6.54 Å². The number of hydrogen-bond donors (Lipinski definition) is 2. The van der Waals surface area contributed by atoms with Crippen molar-refractivity contribution in [3.63, 3.8) is 0 Å². The zero-order valence-corrected chi connectivity index (χ0v) is 10.8. The van der Waals surface area contributed by atoms with Gasteiger partial charge in [-0.15, -0.1) is 0 Å². The Balaban J connectivity index is 1.65. The Morgan fingerprint density at radius 2 is 2.06 bits per heavy atom. The maximum Gasteiger partial charge on any atom is 0.117 e. The first-order valence-electron chi connectivity index (χ1n) is 6.73. The Morgan fingerprint density at radius 3 is 2.71 bits per heavy atom. The number of hydrogen-bond acceptors (Lipinski definition) is 3. The smallest absolute Gasteiger partial charge is 0.117 e. The molecular formula is C14H24N2O. The SMILES string of the molecule is Cc1ccc(CNCCC2(N)CCCCC2)o1. The molecule has 0 spiro atoms. The van der Waals surface area contributed by atoms with E-state index < -0.39 is 0 Å². The molecule has 96 valence electrons. The van der Waals surface area contributed by atoms with Crippen molar-refractivity contribution in [3.05, 3.63) is 23.7 Å². The molecule has 0 bridgehead atoms. The van der Waals surface area contributed by atoms with Crippen LogP contribution in [-0.2, 0) is 6.54 Å². The average Bonchev–Trinajstić information content (AvgIpc) is 2.72. The third kappa shape index (κ3) is 3.86. The van der Waals surface area contributed by atoms with Gasteiger partial charge in [0.2, 0.25) is 0 Å². The van der Waals surface area contributed by atoms with Crippen molar-refractivity contribution in [1.82, 2.24) is 5.32 Å². The van der Waals surface area contributed by atoms with Crippen LogP contribution >= 0.6 is 0 Å². The molecule has 17 heavy (non-hydrogen) atoms. The van der Waals surface area contributed by atoms with Crippen LogP contribution in [0.5, 0.6) is 0 Å². The van der Waals surface area contributed by atoms with Gasteiger partial charge in [0.25, 0.3) is 0 Å². The minimum absolute atomic E-state index is 0.0876. The molecule has 1 saturated carbocycles. The Morgan fingerprint density at radius 1 is 1.29 bits per heavy atom. The molecule has 0 radical (unpaired) electrons. The second kappa shape index (κ2) is 5.69. The molecule has 0 amide bonds. The van der Waals surface area contributed by atoms with Crippen LogP contribution in [0.3, 0.4) is 0 Å². The van der Waals surface area contributed by atoms with Crippen LogP contribution < -0.4 is 11.1 Å². The Kier molecular flexibility index (Phi) is 4.24. The highest BCUT2D eigenvalue weighted by Crippen LogP contribution is 2.28. The molecule has 1 aromatic heterocycles. The highest BCUT2D eigenvalue weighted by Gasteiger charge is 2.26. The van der Waals surface area contributed by atoms with E-state index in [-0.39, 0.29) is 5.54 Å². The van der Waals surface area contributed by atoms with Gasteiger partial charge in [-0.05, 0) is 44.9 Å². The van der Waals surface area contributed by atoms with E-state index in [1.165, 1.54) is 32.1 Å². The summed E-state index contributed by atoms with van der Waals surface area (Å²) in [5, 5.41) is 3.41.